The van der Waals surface area contributed by atoms with Crippen molar-refractivity contribution in [1.29, 1.82) is 0 Å². The third-order valence-electron chi connectivity index (χ3n) is 6.84. The number of nitrogens with zero attached hydrogens (tertiary/aromatic N) is 3. The van der Waals surface area contributed by atoms with Gasteiger partial charge in [-0.15, -0.1) is 0 Å². The van der Waals surface area contributed by atoms with Crippen molar-refractivity contribution < 1.29 is 0 Å². The van der Waals surface area contributed by atoms with E-state index in [0.29, 0.717) is 0 Å². The minimum absolute atomic E-state index is 0.225. The molecule has 0 saturated heterocycles. The normalized spacial score (nSPS) is 15.1. The quantitative estimate of drug-likeness (QED) is 0.292. The van der Waals surface area contributed by atoms with Crippen LogP contribution in [0.15, 0.2) is 109 Å². The lowest BCUT2D eigenvalue weighted by atomic mass is 10.0. The van der Waals surface area contributed by atoms with Crippen LogP contribution in [0.1, 0.15) is 19.4 Å². The summed E-state index contributed by atoms with van der Waals surface area (Å²) in [5.41, 5.74) is 7.13. The van der Waals surface area contributed by atoms with Crippen LogP contribution < -0.4 is 9.80 Å². The molecule has 1 aliphatic heterocycles. The first-order valence-corrected chi connectivity index (χ1v) is 11.5. The van der Waals surface area contributed by atoms with E-state index in [-0.39, 0.29) is 5.66 Å². The Morgan fingerprint density at radius 3 is 1.91 bits per heavy atom. The average Bonchev–Trinajstić information content (AvgIpc) is 3.32. The molecule has 3 heteroatoms. The number of para-hydroxylation sites is 3. The summed E-state index contributed by atoms with van der Waals surface area (Å²) in [7, 11) is 0. The highest BCUT2D eigenvalue weighted by atomic mass is 15.4. The van der Waals surface area contributed by atoms with Gasteiger partial charge in [0.05, 0.1) is 11.0 Å². The molecular weight excluding hydrogens is 402 g/mol. The van der Waals surface area contributed by atoms with E-state index in [0.717, 1.165) is 0 Å². The molecule has 0 aliphatic carbocycles. The molecule has 0 bridgehead atoms. The minimum atomic E-state index is -0.225. The molecule has 0 atom stereocenters. The molecule has 0 spiro atoms. The second kappa shape index (κ2) is 7.28. The van der Waals surface area contributed by atoms with Gasteiger partial charge in [0, 0.05) is 40.2 Å². The molecule has 0 fully saturated rings. The number of hydrogen-bond donors (Lipinski definition) is 0. The minimum Gasteiger partial charge on any atom is -0.323 e. The third-order valence-corrected chi connectivity index (χ3v) is 6.84. The molecule has 0 unspecified atom stereocenters. The zero-order chi connectivity index (χ0) is 22.6. The van der Waals surface area contributed by atoms with E-state index >= 15 is 0 Å². The summed E-state index contributed by atoms with van der Waals surface area (Å²) in [6, 6.07) is 34.6. The van der Waals surface area contributed by atoms with Gasteiger partial charge < -0.3 is 14.4 Å². The van der Waals surface area contributed by atoms with Crippen LogP contribution in [0.3, 0.4) is 0 Å². The molecule has 0 radical (unpaired) electrons. The van der Waals surface area contributed by atoms with E-state index in [9.17, 15) is 0 Å². The van der Waals surface area contributed by atoms with E-state index in [2.05, 4.69) is 145 Å². The second-order valence-corrected chi connectivity index (χ2v) is 9.21. The lowest BCUT2D eigenvalue weighted by molar-refractivity contribution is 0.531. The smallest absolute Gasteiger partial charge is 0.115 e. The van der Waals surface area contributed by atoms with Gasteiger partial charge in [0.2, 0.25) is 0 Å². The van der Waals surface area contributed by atoms with Crippen molar-refractivity contribution >= 4 is 33.2 Å². The van der Waals surface area contributed by atoms with Crippen molar-refractivity contribution in [2.24, 2.45) is 0 Å². The predicted octanol–water partition coefficient (Wildman–Crippen LogP) is 7.63. The number of rotatable bonds is 3. The Morgan fingerprint density at radius 2 is 1.18 bits per heavy atom. The van der Waals surface area contributed by atoms with E-state index in [1.165, 1.54) is 44.4 Å². The zero-order valence-electron chi connectivity index (χ0n) is 19.2. The molecule has 3 nitrogen and oxygen atoms in total. The average molecular weight is 430 g/mol. The molecule has 2 heterocycles. The number of fused-ring (bicyclic) bond motifs is 3. The van der Waals surface area contributed by atoms with Crippen LogP contribution in [0.2, 0.25) is 0 Å². The fourth-order valence-corrected chi connectivity index (χ4v) is 5.20. The van der Waals surface area contributed by atoms with Gasteiger partial charge in [-0.2, -0.15) is 0 Å². The summed E-state index contributed by atoms with van der Waals surface area (Å²) in [4.78, 5) is 4.73. The zero-order valence-corrected chi connectivity index (χ0v) is 19.2. The molecule has 0 N–H and O–H groups in total. The van der Waals surface area contributed by atoms with Gasteiger partial charge in [-0.1, -0.05) is 54.6 Å². The van der Waals surface area contributed by atoms with Crippen LogP contribution >= 0.6 is 0 Å². The Hall–Kier alpha value is -3.98. The standard InChI is InChI=1S/C30H27N3/c1-22-20-29-26(25-16-10-11-17-27(25)33(29)24-14-8-5-9-15-24)21-28(22)32-19-18-31(30(32,2)3)23-12-6-4-7-13-23/h4-21H,1-3H3. The highest BCUT2D eigenvalue weighted by molar-refractivity contribution is 6.10. The Morgan fingerprint density at radius 1 is 0.576 bits per heavy atom. The Balaban J connectivity index is 1.54. The predicted molar refractivity (Wildman–Crippen MR) is 140 cm³/mol. The van der Waals surface area contributed by atoms with Crippen LogP contribution in [0.25, 0.3) is 27.5 Å². The van der Waals surface area contributed by atoms with E-state index < -0.39 is 0 Å². The Kier molecular flexibility index (Phi) is 4.34. The van der Waals surface area contributed by atoms with Crippen molar-refractivity contribution in [3.63, 3.8) is 0 Å². The monoisotopic (exact) mass is 429 g/mol. The van der Waals surface area contributed by atoms with Crippen LogP contribution in [0.5, 0.6) is 0 Å². The molecule has 33 heavy (non-hydrogen) atoms. The first-order valence-electron chi connectivity index (χ1n) is 11.5. The second-order valence-electron chi connectivity index (χ2n) is 9.21. The number of hydrogen-bond acceptors (Lipinski definition) is 2. The van der Waals surface area contributed by atoms with E-state index in [4.69, 9.17) is 0 Å². The SMILES string of the molecule is Cc1cc2c(cc1N1C=CN(c3ccccc3)C1(C)C)c1ccccc1n2-c1ccccc1. The Labute approximate surface area is 194 Å². The number of anilines is 2. The maximum absolute atomic E-state index is 2.39. The van der Waals surface area contributed by atoms with Gasteiger partial charge in [-0.05, 0) is 68.8 Å². The van der Waals surface area contributed by atoms with Crippen LogP contribution in [0, 0.1) is 6.92 Å². The van der Waals surface area contributed by atoms with Gasteiger partial charge in [0.15, 0.2) is 0 Å². The third kappa shape index (κ3) is 2.96. The van der Waals surface area contributed by atoms with Crippen molar-refractivity contribution in [2.45, 2.75) is 26.4 Å². The van der Waals surface area contributed by atoms with Crippen LogP contribution in [0.4, 0.5) is 11.4 Å². The van der Waals surface area contributed by atoms with Gasteiger partial charge in [-0.25, -0.2) is 0 Å². The lowest BCUT2D eigenvalue weighted by Gasteiger charge is -2.41. The van der Waals surface area contributed by atoms with Crippen molar-refractivity contribution in [1.82, 2.24) is 4.57 Å². The first kappa shape index (κ1) is 19.7. The molecule has 0 amide bonds. The lowest BCUT2D eigenvalue weighted by Crippen LogP contribution is -2.48. The van der Waals surface area contributed by atoms with Gasteiger partial charge in [-0.3, -0.25) is 0 Å². The highest BCUT2D eigenvalue weighted by Gasteiger charge is 2.37. The first-order chi connectivity index (χ1) is 16.1. The van der Waals surface area contributed by atoms with Crippen molar-refractivity contribution in [3.05, 3.63) is 115 Å². The largest absolute Gasteiger partial charge is 0.323 e. The molecule has 5 aromatic rings. The fraction of sp³-hybridized carbons (Fsp3) is 0.133. The maximum Gasteiger partial charge on any atom is 0.115 e. The maximum atomic E-state index is 2.39. The van der Waals surface area contributed by atoms with Gasteiger partial charge in [0.25, 0.3) is 0 Å². The highest BCUT2D eigenvalue weighted by Crippen LogP contribution is 2.41. The van der Waals surface area contributed by atoms with Gasteiger partial charge in [0.1, 0.15) is 5.66 Å². The molecule has 0 saturated carbocycles. The van der Waals surface area contributed by atoms with E-state index in [1.807, 2.05) is 0 Å². The molecule has 1 aromatic heterocycles. The van der Waals surface area contributed by atoms with E-state index in [1.54, 1.807) is 0 Å². The van der Waals surface area contributed by atoms with Crippen molar-refractivity contribution in [2.75, 3.05) is 9.80 Å². The Bertz CT molecular complexity index is 1490. The molecular formula is C30H27N3. The summed E-state index contributed by atoms with van der Waals surface area (Å²) >= 11 is 0. The van der Waals surface area contributed by atoms with Crippen LogP contribution in [-0.4, -0.2) is 10.2 Å². The summed E-state index contributed by atoms with van der Waals surface area (Å²) in [5.74, 6) is 0. The van der Waals surface area contributed by atoms with Gasteiger partial charge >= 0.3 is 0 Å². The number of aromatic nitrogens is 1. The molecule has 162 valence electrons. The summed E-state index contributed by atoms with van der Waals surface area (Å²) in [5, 5.41) is 2.55. The number of aryl methyl sites for hydroxylation is 1. The fourth-order valence-electron chi connectivity index (χ4n) is 5.20. The molecule has 4 aromatic carbocycles. The molecule has 1 aliphatic rings. The number of benzene rings is 4. The summed E-state index contributed by atoms with van der Waals surface area (Å²) in [6.07, 6.45) is 4.39. The summed E-state index contributed by atoms with van der Waals surface area (Å²) < 4.78 is 2.38. The molecule has 6 rings (SSSR count). The topological polar surface area (TPSA) is 11.4 Å². The summed E-state index contributed by atoms with van der Waals surface area (Å²) in [6.45, 7) is 6.77. The van der Waals surface area contributed by atoms with Crippen molar-refractivity contribution in [3.8, 4) is 5.69 Å². The van der Waals surface area contributed by atoms with Crippen LogP contribution in [-0.2, 0) is 0 Å².